The summed E-state index contributed by atoms with van der Waals surface area (Å²) in [6.07, 6.45) is 1.01. The van der Waals surface area contributed by atoms with Crippen LogP contribution in [0.15, 0.2) is 12.1 Å². The number of ether oxygens (including phenoxy) is 1. The number of aryl methyl sites for hydroxylation is 1. The van der Waals surface area contributed by atoms with Crippen molar-refractivity contribution >= 4 is 17.3 Å². The molecule has 0 radical (unpaired) electrons. The second-order valence-electron chi connectivity index (χ2n) is 4.02. The zero-order valence-electron chi connectivity index (χ0n) is 10.8. The monoisotopic (exact) mass is 254 g/mol. The van der Waals surface area contributed by atoms with E-state index in [1.54, 1.807) is 19.9 Å². The average molecular weight is 254 g/mol. The Balaban J connectivity index is 2.40. The average Bonchev–Trinajstić information content (AvgIpc) is 2.31. The molecule has 0 fully saturated rings. The Morgan fingerprint density at radius 2 is 2.22 bits per heavy atom. The molecule has 0 atom stereocenters. The van der Waals surface area contributed by atoms with E-state index in [9.17, 15) is 9.18 Å². The summed E-state index contributed by atoms with van der Waals surface area (Å²) in [5.74, 6) is -0.521. The number of halogens is 1. The number of esters is 1. The van der Waals surface area contributed by atoms with E-state index in [4.69, 9.17) is 10.5 Å². The van der Waals surface area contributed by atoms with Crippen LogP contribution in [0.1, 0.15) is 25.3 Å². The summed E-state index contributed by atoms with van der Waals surface area (Å²) < 4.78 is 18.0. The van der Waals surface area contributed by atoms with E-state index in [-0.39, 0.29) is 11.8 Å². The van der Waals surface area contributed by atoms with Crippen LogP contribution in [0.4, 0.5) is 15.8 Å². The Labute approximate surface area is 106 Å². The minimum Gasteiger partial charge on any atom is -0.466 e. The molecular weight excluding hydrogens is 235 g/mol. The van der Waals surface area contributed by atoms with Crippen LogP contribution < -0.4 is 11.1 Å². The van der Waals surface area contributed by atoms with Gasteiger partial charge in [0.05, 0.1) is 18.0 Å². The van der Waals surface area contributed by atoms with E-state index in [1.165, 1.54) is 6.07 Å². The molecule has 0 bridgehead atoms. The normalized spacial score (nSPS) is 10.2. The number of nitrogens with one attached hydrogen (secondary N) is 1. The quantitative estimate of drug-likeness (QED) is 0.465. The summed E-state index contributed by atoms with van der Waals surface area (Å²) in [7, 11) is 0. The maximum absolute atomic E-state index is 13.2. The van der Waals surface area contributed by atoms with Crippen LogP contribution >= 0.6 is 0 Å². The number of nitrogens with two attached hydrogens (primary N) is 1. The van der Waals surface area contributed by atoms with Crippen LogP contribution in [0.5, 0.6) is 0 Å². The lowest BCUT2D eigenvalue weighted by Gasteiger charge is -2.10. The van der Waals surface area contributed by atoms with Crippen LogP contribution in [0, 0.1) is 12.7 Å². The van der Waals surface area contributed by atoms with E-state index in [0.717, 1.165) is 0 Å². The Kier molecular flexibility index (Phi) is 5.42. The van der Waals surface area contributed by atoms with Gasteiger partial charge in [-0.3, -0.25) is 4.79 Å². The van der Waals surface area contributed by atoms with Crippen molar-refractivity contribution in [2.24, 2.45) is 0 Å². The number of benzene rings is 1. The lowest BCUT2D eigenvalue weighted by Crippen LogP contribution is -2.09. The van der Waals surface area contributed by atoms with Gasteiger partial charge in [0.1, 0.15) is 5.82 Å². The van der Waals surface area contributed by atoms with E-state index in [2.05, 4.69) is 5.32 Å². The van der Waals surface area contributed by atoms with Gasteiger partial charge in [0.2, 0.25) is 0 Å². The number of carbonyl (C=O) groups is 1. The number of rotatable bonds is 6. The molecule has 1 aromatic carbocycles. The van der Waals surface area contributed by atoms with Crippen molar-refractivity contribution in [3.63, 3.8) is 0 Å². The Morgan fingerprint density at radius 1 is 1.50 bits per heavy atom. The van der Waals surface area contributed by atoms with E-state index < -0.39 is 0 Å². The standard InChI is InChI=1S/C13H19FN2O2/c1-3-18-13(17)5-4-6-16-12-7-9(2)10(14)8-11(12)15/h7-8,16H,3-6,15H2,1-2H3. The third kappa shape index (κ3) is 4.24. The number of carbonyl (C=O) groups excluding carboxylic acids is 1. The molecule has 0 saturated heterocycles. The summed E-state index contributed by atoms with van der Waals surface area (Å²) in [6, 6.07) is 2.96. The van der Waals surface area contributed by atoms with Gasteiger partial charge in [-0.25, -0.2) is 4.39 Å². The molecule has 0 saturated carbocycles. The van der Waals surface area contributed by atoms with E-state index in [0.29, 0.717) is 42.9 Å². The molecule has 1 rings (SSSR count). The first kappa shape index (κ1) is 14.3. The Bertz CT molecular complexity index is 422. The van der Waals surface area contributed by atoms with Gasteiger partial charge in [-0.15, -0.1) is 0 Å². The van der Waals surface area contributed by atoms with Crippen LogP contribution in [0.3, 0.4) is 0 Å². The van der Waals surface area contributed by atoms with Crippen molar-refractivity contribution in [1.82, 2.24) is 0 Å². The molecule has 0 aromatic heterocycles. The fourth-order valence-corrected chi connectivity index (χ4v) is 1.54. The molecule has 18 heavy (non-hydrogen) atoms. The minimum absolute atomic E-state index is 0.206. The molecule has 0 amide bonds. The topological polar surface area (TPSA) is 64.3 Å². The smallest absolute Gasteiger partial charge is 0.305 e. The molecule has 1 aromatic rings. The highest BCUT2D eigenvalue weighted by atomic mass is 19.1. The van der Waals surface area contributed by atoms with Gasteiger partial charge in [-0.1, -0.05) is 0 Å². The van der Waals surface area contributed by atoms with Crippen LogP contribution in [0.2, 0.25) is 0 Å². The molecule has 0 aliphatic heterocycles. The van der Waals surface area contributed by atoms with Gasteiger partial charge in [0.25, 0.3) is 0 Å². The molecule has 0 unspecified atom stereocenters. The third-order valence-corrected chi connectivity index (χ3v) is 2.51. The Hall–Kier alpha value is -1.78. The first-order valence-electron chi connectivity index (χ1n) is 5.99. The van der Waals surface area contributed by atoms with Crippen molar-refractivity contribution < 1.29 is 13.9 Å². The zero-order chi connectivity index (χ0) is 13.5. The van der Waals surface area contributed by atoms with Crippen LogP contribution in [0.25, 0.3) is 0 Å². The molecule has 0 aliphatic rings. The maximum Gasteiger partial charge on any atom is 0.305 e. The second-order valence-corrected chi connectivity index (χ2v) is 4.02. The Morgan fingerprint density at radius 3 is 2.89 bits per heavy atom. The molecule has 0 aliphatic carbocycles. The second kappa shape index (κ2) is 6.83. The first-order chi connectivity index (χ1) is 8.54. The molecule has 5 heteroatoms. The zero-order valence-corrected chi connectivity index (χ0v) is 10.8. The summed E-state index contributed by atoms with van der Waals surface area (Å²) in [6.45, 7) is 4.45. The molecular formula is C13H19FN2O2. The summed E-state index contributed by atoms with van der Waals surface area (Å²) in [5, 5.41) is 3.08. The SMILES string of the molecule is CCOC(=O)CCCNc1cc(C)c(F)cc1N. The minimum atomic E-state index is -0.315. The predicted molar refractivity (Wildman–Crippen MR) is 69.9 cm³/mol. The third-order valence-electron chi connectivity index (χ3n) is 2.51. The molecule has 3 N–H and O–H groups in total. The van der Waals surface area contributed by atoms with Gasteiger partial charge < -0.3 is 15.8 Å². The number of hydrogen-bond acceptors (Lipinski definition) is 4. The highest BCUT2D eigenvalue weighted by molar-refractivity contribution is 5.69. The van der Waals surface area contributed by atoms with E-state index >= 15 is 0 Å². The fraction of sp³-hybridized carbons (Fsp3) is 0.462. The number of anilines is 2. The maximum atomic E-state index is 13.2. The number of nitrogen functional groups attached to an aromatic ring is 1. The molecule has 100 valence electrons. The molecule has 0 spiro atoms. The van der Waals surface area contributed by atoms with Crippen LogP contribution in [-0.4, -0.2) is 19.1 Å². The number of hydrogen-bond donors (Lipinski definition) is 2. The summed E-state index contributed by atoms with van der Waals surface area (Å²) in [5.41, 5.74) is 7.29. The summed E-state index contributed by atoms with van der Waals surface area (Å²) >= 11 is 0. The highest BCUT2D eigenvalue weighted by Crippen LogP contribution is 2.22. The van der Waals surface area contributed by atoms with Crippen molar-refractivity contribution in [2.45, 2.75) is 26.7 Å². The van der Waals surface area contributed by atoms with Crippen LogP contribution in [-0.2, 0) is 9.53 Å². The van der Waals surface area contributed by atoms with Crippen molar-refractivity contribution in [1.29, 1.82) is 0 Å². The predicted octanol–water partition coefficient (Wildman–Crippen LogP) is 2.47. The molecule has 4 nitrogen and oxygen atoms in total. The largest absolute Gasteiger partial charge is 0.466 e. The van der Waals surface area contributed by atoms with Gasteiger partial charge in [-0.05, 0) is 38.0 Å². The lowest BCUT2D eigenvalue weighted by molar-refractivity contribution is -0.143. The highest BCUT2D eigenvalue weighted by Gasteiger charge is 2.05. The van der Waals surface area contributed by atoms with Crippen molar-refractivity contribution in [3.05, 3.63) is 23.5 Å². The van der Waals surface area contributed by atoms with Crippen molar-refractivity contribution in [3.8, 4) is 0 Å². The van der Waals surface area contributed by atoms with Gasteiger partial charge in [0.15, 0.2) is 0 Å². The van der Waals surface area contributed by atoms with Gasteiger partial charge in [-0.2, -0.15) is 0 Å². The first-order valence-corrected chi connectivity index (χ1v) is 5.99. The van der Waals surface area contributed by atoms with Gasteiger partial charge >= 0.3 is 5.97 Å². The lowest BCUT2D eigenvalue weighted by atomic mass is 10.1. The summed E-state index contributed by atoms with van der Waals surface area (Å²) in [4.78, 5) is 11.1. The molecule has 0 heterocycles. The van der Waals surface area contributed by atoms with E-state index in [1.807, 2.05) is 0 Å². The fourth-order valence-electron chi connectivity index (χ4n) is 1.54. The van der Waals surface area contributed by atoms with Crippen molar-refractivity contribution in [2.75, 3.05) is 24.2 Å². The van der Waals surface area contributed by atoms with Gasteiger partial charge in [0, 0.05) is 13.0 Å².